The van der Waals surface area contributed by atoms with Crippen LogP contribution in [0.4, 0.5) is 11.8 Å². The summed E-state index contributed by atoms with van der Waals surface area (Å²) in [5, 5.41) is 7.95. The molecule has 1 unspecified atom stereocenters. The first kappa shape index (κ1) is 15.7. The van der Waals surface area contributed by atoms with Crippen molar-refractivity contribution in [1.82, 2.24) is 24.6 Å². The number of likely N-dealkylation sites (tertiary alicyclic amines) is 1. The topological polar surface area (TPSA) is 62.1 Å². The van der Waals surface area contributed by atoms with Crippen molar-refractivity contribution in [1.29, 1.82) is 0 Å². The van der Waals surface area contributed by atoms with E-state index >= 15 is 0 Å². The molecule has 0 radical (unpaired) electrons. The second-order valence-electron chi connectivity index (χ2n) is 6.41. The largest absolute Gasteiger partial charge is 0.366 e. The van der Waals surface area contributed by atoms with Gasteiger partial charge in [0, 0.05) is 64.8 Å². The van der Waals surface area contributed by atoms with Gasteiger partial charge in [-0.05, 0) is 19.4 Å². The second kappa shape index (κ2) is 6.54. The zero-order valence-corrected chi connectivity index (χ0v) is 14.3. The third-order valence-electron chi connectivity index (χ3n) is 4.18. The first-order valence-electron chi connectivity index (χ1n) is 7.99. The molecule has 1 atom stereocenters. The Kier molecular flexibility index (Phi) is 4.47. The van der Waals surface area contributed by atoms with Crippen molar-refractivity contribution in [3.63, 3.8) is 0 Å². The van der Waals surface area contributed by atoms with Gasteiger partial charge < -0.3 is 10.2 Å². The molecule has 0 spiro atoms. The minimum Gasteiger partial charge on any atom is -0.366 e. The Balaban J connectivity index is 1.57. The minimum atomic E-state index is 0.428. The van der Waals surface area contributed by atoms with Crippen molar-refractivity contribution in [3.05, 3.63) is 29.7 Å². The number of nitrogens with zero attached hydrogens (tertiary/aromatic N) is 6. The SMILES string of the molecule is Cc1nn(C)cc1CN1CCC(Nc2ccnc(N(C)C)n2)C1. The maximum Gasteiger partial charge on any atom is 0.226 e. The van der Waals surface area contributed by atoms with Gasteiger partial charge in [0.25, 0.3) is 0 Å². The summed E-state index contributed by atoms with van der Waals surface area (Å²) in [6, 6.07) is 2.36. The highest BCUT2D eigenvalue weighted by molar-refractivity contribution is 5.41. The van der Waals surface area contributed by atoms with Crippen molar-refractivity contribution >= 4 is 11.8 Å². The first-order chi connectivity index (χ1) is 11.0. The highest BCUT2D eigenvalue weighted by Gasteiger charge is 2.23. The Morgan fingerprint density at radius 3 is 2.91 bits per heavy atom. The van der Waals surface area contributed by atoms with Crippen molar-refractivity contribution in [2.24, 2.45) is 7.05 Å². The average Bonchev–Trinajstić information content (AvgIpc) is 3.06. The fourth-order valence-corrected chi connectivity index (χ4v) is 2.99. The number of aryl methyl sites for hydroxylation is 2. The predicted octanol–water partition coefficient (Wildman–Crippen LogP) is 1.27. The van der Waals surface area contributed by atoms with Gasteiger partial charge in [0.05, 0.1) is 5.69 Å². The molecule has 7 heteroatoms. The molecule has 0 bridgehead atoms. The van der Waals surface area contributed by atoms with Crippen LogP contribution in [0.15, 0.2) is 18.5 Å². The van der Waals surface area contributed by atoms with Crippen LogP contribution in [-0.2, 0) is 13.6 Å². The molecule has 124 valence electrons. The summed E-state index contributed by atoms with van der Waals surface area (Å²) in [5.41, 5.74) is 2.43. The van der Waals surface area contributed by atoms with Gasteiger partial charge in [-0.1, -0.05) is 0 Å². The van der Waals surface area contributed by atoms with Gasteiger partial charge in [-0.15, -0.1) is 0 Å². The smallest absolute Gasteiger partial charge is 0.226 e. The fourth-order valence-electron chi connectivity index (χ4n) is 2.99. The van der Waals surface area contributed by atoms with Crippen LogP contribution in [0.1, 0.15) is 17.7 Å². The number of nitrogens with one attached hydrogen (secondary N) is 1. The third-order valence-corrected chi connectivity index (χ3v) is 4.18. The van der Waals surface area contributed by atoms with Crippen molar-refractivity contribution in [3.8, 4) is 0 Å². The fraction of sp³-hybridized carbons (Fsp3) is 0.562. The molecule has 0 saturated carbocycles. The lowest BCUT2D eigenvalue weighted by molar-refractivity contribution is 0.328. The third kappa shape index (κ3) is 3.79. The Bertz CT molecular complexity index is 664. The normalized spacial score (nSPS) is 18.3. The molecule has 0 aliphatic carbocycles. The molecule has 7 nitrogen and oxygen atoms in total. The van der Waals surface area contributed by atoms with Gasteiger partial charge in [0.1, 0.15) is 5.82 Å². The van der Waals surface area contributed by atoms with Crippen LogP contribution in [0.3, 0.4) is 0 Å². The van der Waals surface area contributed by atoms with Gasteiger partial charge in [-0.2, -0.15) is 10.1 Å². The molecule has 1 aliphatic heterocycles. The van der Waals surface area contributed by atoms with Crippen molar-refractivity contribution < 1.29 is 0 Å². The van der Waals surface area contributed by atoms with E-state index in [4.69, 9.17) is 0 Å². The molecule has 0 aromatic carbocycles. The van der Waals surface area contributed by atoms with E-state index in [0.29, 0.717) is 6.04 Å². The standard InChI is InChI=1S/C16H25N7/c1-12-13(9-22(4)20-12)10-23-8-6-14(11-23)18-15-5-7-17-16(19-15)21(2)3/h5,7,9,14H,6,8,10-11H2,1-4H3,(H,17,18,19). The van der Waals surface area contributed by atoms with Crippen molar-refractivity contribution in [2.45, 2.75) is 25.9 Å². The molecule has 3 heterocycles. The highest BCUT2D eigenvalue weighted by atomic mass is 15.3. The van der Waals surface area contributed by atoms with Crippen LogP contribution in [0.25, 0.3) is 0 Å². The number of hydrogen-bond acceptors (Lipinski definition) is 6. The van der Waals surface area contributed by atoms with Gasteiger partial charge in [0.2, 0.25) is 5.95 Å². The van der Waals surface area contributed by atoms with E-state index < -0.39 is 0 Å². The lowest BCUT2D eigenvalue weighted by Gasteiger charge is -2.17. The van der Waals surface area contributed by atoms with E-state index in [2.05, 4.69) is 38.4 Å². The molecule has 3 rings (SSSR count). The second-order valence-corrected chi connectivity index (χ2v) is 6.41. The molecule has 23 heavy (non-hydrogen) atoms. The number of rotatable bonds is 5. The molecule has 1 saturated heterocycles. The molecule has 1 aliphatic rings. The van der Waals surface area contributed by atoms with Gasteiger partial charge in [-0.3, -0.25) is 9.58 Å². The molecule has 2 aromatic heterocycles. The van der Waals surface area contributed by atoms with E-state index in [1.54, 1.807) is 6.20 Å². The van der Waals surface area contributed by atoms with Gasteiger partial charge >= 0.3 is 0 Å². The molecule has 1 N–H and O–H groups in total. The van der Waals surface area contributed by atoms with Crippen LogP contribution < -0.4 is 10.2 Å². The molecule has 2 aromatic rings. The van der Waals surface area contributed by atoms with E-state index in [9.17, 15) is 0 Å². The summed E-state index contributed by atoms with van der Waals surface area (Å²) >= 11 is 0. The number of hydrogen-bond donors (Lipinski definition) is 1. The van der Waals surface area contributed by atoms with Crippen LogP contribution in [0, 0.1) is 6.92 Å². The van der Waals surface area contributed by atoms with Crippen LogP contribution in [-0.4, -0.2) is 57.9 Å². The average molecular weight is 315 g/mol. The van der Waals surface area contributed by atoms with E-state index in [1.165, 1.54) is 5.56 Å². The summed E-state index contributed by atoms with van der Waals surface area (Å²) in [6.07, 6.45) is 5.04. The Morgan fingerprint density at radius 1 is 1.39 bits per heavy atom. The lowest BCUT2D eigenvalue weighted by atomic mass is 10.2. The summed E-state index contributed by atoms with van der Waals surface area (Å²) in [4.78, 5) is 13.2. The highest BCUT2D eigenvalue weighted by Crippen LogP contribution is 2.18. The van der Waals surface area contributed by atoms with Gasteiger partial charge in [0.15, 0.2) is 0 Å². The molecular formula is C16H25N7. The summed E-state index contributed by atoms with van der Waals surface area (Å²) in [7, 11) is 5.88. The summed E-state index contributed by atoms with van der Waals surface area (Å²) in [5.74, 6) is 1.63. The molecule has 1 fully saturated rings. The Hall–Kier alpha value is -2.15. The Morgan fingerprint density at radius 2 is 2.22 bits per heavy atom. The summed E-state index contributed by atoms with van der Waals surface area (Å²) < 4.78 is 1.89. The van der Waals surface area contributed by atoms with Gasteiger partial charge in [-0.25, -0.2) is 4.98 Å². The monoisotopic (exact) mass is 315 g/mol. The van der Waals surface area contributed by atoms with Crippen LogP contribution >= 0.6 is 0 Å². The number of aromatic nitrogens is 4. The zero-order valence-electron chi connectivity index (χ0n) is 14.3. The van der Waals surface area contributed by atoms with E-state index in [-0.39, 0.29) is 0 Å². The Labute approximate surface area is 137 Å². The maximum atomic E-state index is 4.53. The van der Waals surface area contributed by atoms with Crippen molar-refractivity contribution in [2.75, 3.05) is 37.4 Å². The van der Waals surface area contributed by atoms with E-state index in [1.807, 2.05) is 36.8 Å². The lowest BCUT2D eigenvalue weighted by Crippen LogP contribution is -2.26. The van der Waals surface area contributed by atoms with E-state index in [0.717, 1.165) is 43.5 Å². The number of anilines is 2. The molecular weight excluding hydrogens is 290 g/mol. The van der Waals surface area contributed by atoms with Crippen LogP contribution in [0.2, 0.25) is 0 Å². The minimum absolute atomic E-state index is 0.428. The summed E-state index contributed by atoms with van der Waals surface area (Å²) in [6.45, 7) is 5.16. The van der Waals surface area contributed by atoms with Crippen LogP contribution in [0.5, 0.6) is 0 Å². The zero-order chi connectivity index (χ0) is 16.4. The maximum absolute atomic E-state index is 4.53. The quantitative estimate of drug-likeness (QED) is 0.896. The molecule has 0 amide bonds. The first-order valence-corrected chi connectivity index (χ1v) is 7.99. The predicted molar refractivity (Wildman–Crippen MR) is 91.6 cm³/mol.